The number of halogens is 3. The van der Waals surface area contributed by atoms with E-state index in [1.54, 1.807) is 30.3 Å². The fourth-order valence-corrected chi connectivity index (χ4v) is 4.08. The van der Waals surface area contributed by atoms with Crippen LogP contribution in [0.1, 0.15) is 27.5 Å². The van der Waals surface area contributed by atoms with Crippen LogP contribution in [0.2, 0.25) is 0 Å². The van der Waals surface area contributed by atoms with E-state index >= 15 is 0 Å². The van der Waals surface area contributed by atoms with Gasteiger partial charge in [0.2, 0.25) is 5.91 Å². The third kappa shape index (κ3) is 3.87. The van der Waals surface area contributed by atoms with E-state index in [1.165, 1.54) is 35.2 Å². The molecule has 1 aliphatic rings. The second-order valence-electron chi connectivity index (χ2n) is 6.65. The van der Waals surface area contributed by atoms with Gasteiger partial charge in [-0.25, -0.2) is 8.78 Å². The number of anilines is 1. The van der Waals surface area contributed by atoms with Gasteiger partial charge in [-0.1, -0.05) is 24.3 Å². The van der Waals surface area contributed by atoms with Crippen molar-refractivity contribution in [1.29, 1.82) is 0 Å². The van der Waals surface area contributed by atoms with E-state index in [0.717, 1.165) is 3.57 Å². The maximum absolute atomic E-state index is 14.1. The molecule has 0 saturated carbocycles. The monoisotopic (exact) mass is 504 g/mol. The summed E-state index contributed by atoms with van der Waals surface area (Å²) in [6.07, 6.45) is 0. The maximum Gasteiger partial charge on any atom is 0.256 e. The highest BCUT2D eigenvalue weighted by Crippen LogP contribution is 2.37. The van der Waals surface area contributed by atoms with Crippen LogP contribution in [0.25, 0.3) is 0 Å². The zero-order valence-corrected chi connectivity index (χ0v) is 17.2. The highest BCUT2D eigenvalue weighted by molar-refractivity contribution is 14.1. The minimum Gasteiger partial charge on any atom is -0.324 e. The molecule has 3 aromatic carbocycles. The van der Waals surface area contributed by atoms with Gasteiger partial charge in [0, 0.05) is 14.8 Å². The van der Waals surface area contributed by atoms with E-state index in [1.807, 2.05) is 6.07 Å². The molecule has 0 saturated heterocycles. The second-order valence-corrected chi connectivity index (χ2v) is 7.81. The van der Waals surface area contributed by atoms with E-state index in [2.05, 4.69) is 27.9 Å². The largest absolute Gasteiger partial charge is 0.324 e. The number of carbonyl (C=O) groups excluding carboxylic acids is 2. The molecule has 0 unspecified atom stereocenters. The van der Waals surface area contributed by atoms with E-state index in [-0.39, 0.29) is 18.4 Å². The summed E-state index contributed by atoms with van der Waals surface area (Å²) in [7, 11) is 0. The van der Waals surface area contributed by atoms with Gasteiger partial charge < -0.3 is 10.2 Å². The average molecular weight is 504 g/mol. The van der Waals surface area contributed by atoms with Crippen LogP contribution in [-0.2, 0) is 4.79 Å². The SMILES string of the molecule is O=C1CN(C(=O)c2ccccc2I)[C@@H](c2ccc(F)cc2)c2cc(F)ccc2N1. The standard InChI is InChI=1S/C22H15F2IN2O2/c23-14-7-5-13(6-8-14)21-17-11-15(24)9-10-19(17)26-20(28)12-27(21)22(29)16-3-1-2-4-18(16)25/h1-11,21H,12H2,(H,26,28)/t21-/m0/s1. The lowest BCUT2D eigenvalue weighted by molar-refractivity contribution is -0.117. The summed E-state index contributed by atoms with van der Waals surface area (Å²) >= 11 is 2.06. The van der Waals surface area contributed by atoms with Gasteiger partial charge in [0.25, 0.3) is 5.91 Å². The molecule has 0 bridgehead atoms. The van der Waals surface area contributed by atoms with Crippen LogP contribution >= 0.6 is 22.6 Å². The zero-order chi connectivity index (χ0) is 20.5. The number of fused-ring (bicyclic) bond motifs is 1. The van der Waals surface area contributed by atoms with Crippen LogP contribution in [0.15, 0.2) is 66.7 Å². The van der Waals surface area contributed by atoms with E-state index in [4.69, 9.17) is 0 Å². The molecule has 1 atom stereocenters. The van der Waals surface area contributed by atoms with Crippen molar-refractivity contribution in [2.75, 3.05) is 11.9 Å². The Labute approximate surface area is 179 Å². The molecule has 146 valence electrons. The molecule has 29 heavy (non-hydrogen) atoms. The Hall–Kier alpha value is -2.81. The van der Waals surface area contributed by atoms with Crippen molar-refractivity contribution in [1.82, 2.24) is 4.90 Å². The number of carbonyl (C=O) groups is 2. The molecule has 0 aromatic heterocycles. The zero-order valence-electron chi connectivity index (χ0n) is 15.0. The highest BCUT2D eigenvalue weighted by atomic mass is 127. The van der Waals surface area contributed by atoms with Gasteiger partial charge in [-0.3, -0.25) is 9.59 Å². The topological polar surface area (TPSA) is 49.4 Å². The predicted octanol–water partition coefficient (Wildman–Crippen LogP) is 4.75. The van der Waals surface area contributed by atoms with Crippen LogP contribution in [0.4, 0.5) is 14.5 Å². The van der Waals surface area contributed by atoms with Crippen LogP contribution < -0.4 is 5.32 Å². The van der Waals surface area contributed by atoms with Gasteiger partial charge in [-0.05, 0) is 70.6 Å². The molecule has 1 N–H and O–H groups in total. The fourth-order valence-electron chi connectivity index (χ4n) is 3.46. The van der Waals surface area contributed by atoms with Crippen molar-refractivity contribution in [3.8, 4) is 0 Å². The number of hydrogen-bond acceptors (Lipinski definition) is 2. The first-order valence-electron chi connectivity index (χ1n) is 8.84. The van der Waals surface area contributed by atoms with Crippen molar-refractivity contribution in [3.05, 3.63) is 98.6 Å². The molecule has 0 fully saturated rings. The van der Waals surface area contributed by atoms with Gasteiger partial charge in [0.05, 0.1) is 11.6 Å². The van der Waals surface area contributed by atoms with Crippen molar-refractivity contribution in [2.45, 2.75) is 6.04 Å². The third-order valence-corrected chi connectivity index (χ3v) is 5.70. The molecule has 1 aliphatic heterocycles. The molecular formula is C22H15F2IN2O2. The Kier molecular flexibility index (Phi) is 5.31. The second kappa shape index (κ2) is 7.90. The Bertz CT molecular complexity index is 1100. The first-order valence-corrected chi connectivity index (χ1v) is 9.92. The number of nitrogens with zero attached hydrogens (tertiary/aromatic N) is 1. The van der Waals surface area contributed by atoms with Crippen LogP contribution in [0, 0.1) is 15.2 Å². The number of benzene rings is 3. The molecule has 4 rings (SSSR count). The van der Waals surface area contributed by atoms with Crippen molar-refractivity contribution < 1.29 is 18.4 Å². The highest BCUT2D eigenvalue weighted by Gasteiger charge is 2.34. The number of nitrogens with one attached hydrogen (secondary N) is 1. The lowest BCUT2D eigenvalue weighted by Gasteiger charge is -2.31. The van der Waals surface area contributed by atoms with Gasteiger partial charge in [0.1, 0.15) is 18.2 Å². The molecule has 1 heterocycles. The summed E-state index contributed by atoms with van der Waals surface area (Å²) < 4.78 is 28.4. The Morgan fingerprint density at radius 1 is 1.00 bits per heavy atom. The van der Waals surface area contributed by atoms with Crippen LogP contribution in [0.3, 0.4) is 0 Å². The molecular weight excluding hydrogens is 489 g/mol. The molecule has 4 nitrogen and oxygen atoms in total. The Balaban J connectivity index is 1.91. The molecule has 0 aliphatic carbocycles. The fraction of sp³-hybridized carbons (Fsp3) is 0.0909. The Morgan fingerprint density at radius 3 is 2.41 bits per heavy atom. The van der Waals surface area contributed by atoms with Crippen LogP contribution in [0.5, 0.6) is 0 Å². The average Bonchev–Trinajstić information content (AvgIpc) is 2.84. The first-order chi connectivity index (χ1) is 13.9. The normalized spacial score (nSPS) is 16.0. The summed E-state index contributed by atoms with van der Waals surface area (Å²) in [5, 5.41) is 2.74. The van der Waals surface area contributed by atoms with Gasteiger partial charge in [-0.2, -0.15) is 0 Å². The maximum atomic E-state index is 14.1. The molecule has 2 amide bonds. The predicted molar refractivity (Wildman–Crippen MR) is 113 cm³/mol. The van der Waals surface area contributed by atoms with Crippen molar-refractivity contribution in [2.24, 2.45) is 0 Å². The summed E-state index contributed by atoms with van der Waals surface area (Å²) in [4.78, 5) is 27.4. The van der Waals surface area contributed by atoms with E-state index in [0.29, 0.717) is 22.4 Å². The number of hydrogen-bond donors (Lipinski definition) is 1. The van der Waals surface area contributed by atoms with E-state index in [9.17, 15) is 18.4 Å². The van der Waals surface area contributed by atoms with Gasteiger partial charge in [-0.15, -0.1) is 0 Å². The first kappa shape index (κ1) is 19.5. The molecule has 3 aromatic rings. The van der Waals surface area contributed by atoms with Gasteiger partial charge in [0.15, 0.2) is 0 Å². The molecule has 0 radical (unpaired) electrons. The molecule has 0 spiro atoms. The third-order valence-electron chi connectivity index (χ3n) is 4.76. The van der Waals surface area contributed by atoms with Crippen LogP contribution in [-0.4, -0.2) is 23.3 Å². The van der Waals surface area contributed by atoms with E-state index < -0.39 is 17.7 Å². The molecule has 7 heteroatoms. The Morgan fingerprint density at radius 2 is 1.69 bits per heavy atom. The number of rotatable bonds is 2. The number of amides is 2. The van der Waals surface area contributed by atoms with Crippen molar-refractivity contribution in [3.63, 3.8) is 0 Å². The summed E-state index contributed by atoms with van der Waals surface area (Å²) in [6.45, 7) is -0.220. The quantitative estimate of drug-likeness (QED) is 0.513. The summed E-state index contributed by atoms with van der Waals surface area (Å²) in [5.41, 5.74) is 1.87. The minimum atomic E-state index is -0.760. The lowest BCUT2D eigenvalue weighted by Crippen LogP contribution is -2.39. The van der Waals surface area contributed by atoms with Gasteiger partial charge >= 0.3 is 0 Å². The summed E-state index contributed by atoms with van der Waals surface area (Å²) in [5.74, 6) is -1.67. The smallest absolute Gasteiger partial charge is 0.256 e. The lowest BCUT2D eigenvalue weighted by atomic mass is 9.95. The van der Waals surface area contributed by atoms with Crippen molar-refractivity contribution >= 4 is 40.1 Å². The minimum absolute atomic E-state index is 0.220. The summed E-state index contributed by atoms with van der Waals surface area (Å²) in [6, 6.07) is 15.9.